The van der Waals surface area contributed by atoms with Gasteiger partial charge in [-0.1, -0.05) is 0 Å². The molecule has 0 bridgehead atoms. The Morgan fingerprint density at radius 2 is 2.18 bits per heavy atom. The Balaban J connectivity index is 1.75. The Morgan fingerprint density at radius 3 is 2.82 bits per heavy atom. The van der Waals surface area contributed by atoms with E-state index in [0.717, 1.165) is 13.0 Å². The highest BCUT2D eigenvalue weighted by Crippen LogP contribution is 2.39. The third-order valence-electron chi connectivity index (χ3n) is 5.13. The molecule has 1 amide bonds. The van der Waals surface area contributed by atoms with Crippen LogP contribution >= 0.6 is 11.3 Å². The second kappa shape index (κ2) is 8.87. The van der Waals surface area contributed by atoms with E-state index in [9.17, 15) is 9.18 Å². The topological polar surface area (TPSA) is 63.7 Å². The molecule has 1 aliphatic rings. The molecule has 1 aromatic heterocycles. The Bertz CT molecular complexity index is 855. The summed E-state index contributed by atoms with van der Waals surface area (Å²) < 4.78 is 25.0. The van der Waals surface area contributed by atoms with Gasteiger partial charge in [0.05, 0.1) is 25.5 Å². The van der Waals surface area contributed by atoms with Gasteiger partial charge in [-0.15, -0.1) is 11.3 Å². The number of amides is 1. The number of hydrogen-bond acceptors (Lipinski definition) is 6. The fraction of sp³-hybridized carbons (Fsp3) is 0.500. The maximum atomic E-state index is 14.6. The normalized spacial score (nSPS) is 17.0. The van der Waals surface area contributed by atoms with Crippen LogP contribution in [0.15, 0.2) is 12.1 Å². The van der Waals surface area contributed by atoms with Crippen LogP contribution in [0.2, 0.25) is 0 Å². The second-order valence-electron chi connectivity index (χ2n) is 6.94. The Hall–Kier alpha value is -2.19. The number of methoxy groups -OCH3 is 2. The number of nitrogens with one attached hydrogen (secondary N) is 1. The number of likely N-dealkylation sites (tertiary alicyclic amines) is 1. The molecular formula is C20H26FN3O3S. The molecule has 0 aliphatic carbocycles. The van der Waals surface area contributed by atoms with Gasteiger partial charge in [0.25, 0.3) is 5.91 Å². The first-order chi connectivity index (χ1) is 13.4. The van der Waals surface area contributed by atoms with Crippen LogP contribution in [0.5, 0.6) is 11.5 Å². The molecule has 6 nitrogen and oxygen atoms in total. The lowest BCUT2D eigenvalue weighted by molar-refractivity contribution is 0.0953. The number of carbonyl (C=O) groups excluding carboxylic acids is 1. The fourth-order valence-corrected chi connectivity index (χ4v) is 4.57. The quantitative estimate of drug-likeness (QED) is 0.761. The first-order valence-electron chi connectivity index (χ1n) is 9.32. The second-order valence-corrected chi connectivity index (χ2v) is 7.94. The molecule has 2 heterocycles. The number of rotatable bonds is 7. The zero-order valence-electron chi connectivity index (χ0n) is 16.7. The van der Waals surface area contributed by atoms with Gasteiger partial charge in [0.1, 0.15) is 27.2 Å². The monoisotopic (exact) mass is 407 g/mol. The van der Waals surface area contributed by atoms with Crippen LogP contribution in [0.25, 0.3) is 10.6 Å². The molecular weight excluding hydrogens is 381 g/mol. The smallest absolute Gasteiger partial charge is 0.263 e. The lowest BCUT2D eigenvalue weighted by Crippen LogP contribution is -2.31. The standard InChI is InChI=1S/C20H26FN3O3S/c1-12-18(19(25)22-8-7-13-6-5-9-24(13)2)28-20(23-12)17-15(21)10-14(26-3)11-16(17)27-4/h10-11,13H,5-9H2,1-4H3,(H,22,25). The van der Waals surface area contributed by atoms with Crippen LogP contribution in [0.1, 0.15) is 34.6 Å². The summed E-state index contributed by atoms with van der Waals surface area (Å²) >= 11 is 1.17. The summed E-state index contributed by atoms with van der Waals surface area (Å²) in [6.45, 7) is 3.49. The summed E-state index contributed by atoms with van der Waals surface area (Å²) in [6, 6.07) is 3.41. The van der Waals surface area contributed by atoms with Crippen molar-refractivity contribution in [3.05, 3.63) is 28.5 Å². The van der Waals surface area contributed by atoms with Crippen molar-refractivity contribution in [2.75, 3.05) is 34.4 Å². The zero-order valence-corrected chi connectivity index (χ0v) is 17.5. The first-order valence-corrected chi connectivity index (χ1v) is 10.1. The molecule has 1 aliphatic heterocycles. The Labute approximate surface area is 168 Å². The van der Waals surface area contributed by atoms with E-state index in [0.29, 0.717) is 39.7 Å². The molecule has 1 atom stereocenters. The minimum absolute atomic E-state index is 0.171. The summed E-state index contributed by atoms with van der Waals surface area (Å²) in [4.78, 5) is 19.8. The molecule has 0 radical (unpaired) electrons. The number of aryl methyl sites for hydroxylation is 1. The molecule has 152 valence electrons. The minimum atomic E-state index is -0.499. The van der Waals surface area contributed by atoms with E-state index in [1.165, 1.54) is 44.5 Å². The van der Waals surface area contributed by atoms with Crippen molar-refractivity contribution < 1.29 is 18.7 Å². The third kappa shape index (κ3) is 4.28. The highest BCUT2D eigenvalue weighted by molar-refractivity contribution is 7.17. The van der Waals surface area contributed by atoms with Crippen LogP contribution in [-0.2, 0) is 0 Å². The van der Waals surface area contributed by atoms with Gasteiger partial charge in [-0.3, -0.25) is 4.79 Å². The predicted molar refractivity (Wildman–Crippen MR) is 108 cm³/mol. The van der Waals surface area contributed by atoms with Crippen molar-refractivity contribution >= 4 is 17.2 Å². The van der Waals surface area contributed by atoms with E-state index in [4.69, 9.17) is 9.47 Å². The summed E-state index contributed by atoms with van der Waals surface area (Å²) in [7, 11) is 5.05. The first kappa shape index (κ1) is 20.5. The van der Waals surface area contributed by atoms with E-state index >= 15 is 0 Å². The van der Waals surface area contributed by atoms with Crippen LogP contribution in [0.4, 0.5) is 4.39 Å². The molecule has 28 heavy (non-hydrogen) atoms. The van der Waals surface area contributed by atoms with Gasteiger partial charge in [-0.2, -0.15) is 0 Å². The summed E-state index contributed by atoms with van der Waals surface area (Å²) in [5, 5.41) is 3.39. The van der Waals surface area contributed by atoms with Crippen LogP contribution in [0.3, 0.4) is 0 Å². The van der Waals surface area contributed by atoms with Gasteiger partial charge in [-0.05, 0) is 39.8 Å². The number of thiazole rings is 1. The van der Waals surface area contributed by atoms with Gasteiger partial charge >= 0.3 is 0 Å². The molecule has 1 unspecified atom stereocenters. The Morgan fingerprint density at radius 1 is 1.39 bits per heavy atom. The highest BCUT2D eigenvalue weighted by Gasteiger charge is 2.23. The number of ether oxygens (including phenoxy) is 2. The average molecular weight is 408 g/mol. The van der Waals surface area contributed by atoms with Crippen molar-refractivity contribution in [2.45, 2.75) is 32.2 Å². The molecule has 2 aromatic rings. The minimum Gasteiger partial charge on any atom is -0.497 e. The SMILES string of the molecule is COc1cc(F)c(-c2nc(C)c(C(=O)NCCC3CCCN3C)s2)c(OC)c1. The molecule has 3 rings (SSSR count). The van der Waals surface area contributed by atoms with Crippen molar-refractivity contribution in [3.63, 3.8) is 0 Å². The van der Waals surface area contributed by atoms with Gasteiger partial charge in [-0.25, -0.2) is 9.37 Å². The molecule has 1 saturated heterocycles. The molecule has 1 fully saturated rings. The summed E-state index contributed by atoms with van der Waals surface area (Å²) in [5.41, 5.74) is 0.816. The van der Waals surface area contributed by atoms with E-state index in [2.05, 4.69) is 22.2 Å². The lowest BCUT2D eigenvalue weighted by atomic mass is 10.1. The molecule has 1 aromatic carbocycles. The van der Waals surface area contributed by atoms with Gasteiger partial charge in [0.2, 0.25) is 0 Å². The number of nitrogens with zero attached hydrogens (tertiary/aromatic N) is 2. The van der Waals surface area contributed by atoms with E-state index < -0.39 is 5.82 Å². The lowest BCUT2D eigenvalue weighted by Gasteiger charge is -2.19. The van der Waals surface area contributed by atoms with Crippen molar-refractivity contribution in [1.82, 2.24) is 15.2 Å². The van der Waals surface area contributed by atoms with Crippen molar-refractivity contribution in [2.24, 2.45) is 0 Å². The number of benzene rings is 1. The number of hydrogen-bond donors (Lipinski definition) is 1. The van der Waals surface area contributed by atoms with Crippen molar-refractivity contribution in [3.8, 4) is 22.1 Å². The predicted octanol–water partition coefficient (Wildman–Crippen LogP) is 3.49. The highest BCUT2D eigenvalue weighted by atomic mass is 32.1. The van der Waals surface area contributed by atoms with Gasteiger partial charge in [0.15, 0.2) is 0 Å². The number of aromatic nitrogens is 1. The van der Waals surface area contributed by atoms with Crippen LogP contribution in [-0.4, -0.2) is 56.2 Å². The Kier molecular flexibility index (Phi) is 6.51. The molecule has 1 N–H and O–H groups in total. The van der Waals surface area contributed by atoms with E-state index in [-0.39, 0.29) is 11.5 Å². The van der Waals surface area contributed by atoms with Crippen LogP contribution < -0.4 is 14.8 Å². The summed E-state index contributed by atoms with van der Waals surface area (Å²) in [6.07, 6.45) is 3.31. The van der Waals surface area contributed by atoms with E-state index in [1.807, 2.05) is 0 Å². The van der Waals surface area contributed by atoms with E-state index in [1.54, 1.807) is 13.0 Å². The molecule has 0 spiro atoms. The number of halogens is 1. The molecule has 0 saturated carbocycles. The number of carbonyl (C=O) groups is 1. The molecule has 8 heteroatoms. The zero-order chi connectivity index (χ0) is 20.3. The van der Waals surface area contributed by atoms with Gasteiger partial charge < -0.3 is 19.7 Å². The maximum absolute atomic E-state index is 14.6. The van der Waals surface area contributed by atoms with Crippen molar-refractivity contribution in [1.29, 1.82) is 0 Å². The summed E-state index contributed by atoms with van der Waals surface area (Å²) in [5.74, 6) is 0.0130. The maximum Gasteiger partial charge on any atom is 0.263 e. The largest absolute Gasteiger partial charge is 0.497 e. The van der Waals surface area contributed by atoms with Gasteiger partial charge in [0, 0.05) is 24.7 Å². The van der Waals surface area contributed by atoms with Crippen LogP contribution in [0, 0.1) is 12.7 Å². The fourth-order valence-electron chi connectivity index (χ4n) is 3.53. The average Bonchev–Trinajstić information content (AvgIpc) is 3.26. The third-order valence-corrected chi connectivity index (χ3v) is 6.31.